The number of aryl methyl sites for hydroxylation is 1. The van der Waals surface area contributed by atoms with Crippen molar-refractivity contribution in [3.8, 4) is 0 Å². The molecule has 1 aromatic heterocycles. The van der Waals surface area contributed by atoms with E-state index in [-0.39, 0.29) is 12.0 Å². The number of hydrogen-bond donors (Lipinski definition) is 1. The predicted octanol–water partition coefficient (Wildman–Crippen LogP) is 2.69. The Morgan fingerprint density at radius 1 is 1.23 bits per heavy atom. The summed E-state index contributed by atoms with van der Waals surface area (Å²) in [5.41, 5.74) is 3.64. The fourth-order valence-electron chi connectivity index (χ4n) is 3.23. The van der Waals surface area contributed by atoms with Crippen LogP contribution in [-0.2, 0) is 18.3 Å². The van der Waals surface area contributed by atoms with E-state index in [9.17, 15) is 4.79 Å². The Bertz CT molecular complexity index is 962. The number of nitrogens with zero attached hydrogens (tertiary/aromatic N) is 3. The molecule has 0 radical (unpaired) electrons. The summed E-state index contributed by atoms with van der Waals surface area (Å²) >= 11 is 0. The summed E-state index contributed by atoms with van der Waals surface area (Å²) in [5.74, 6) is -0.127. The lowest BCUT2D eigenvalue weighted by molar-refractivity contribution is 0.0859. The van der Waals surface area contributed by atoms with Crippen molar-refractivity contribution in [3.63, 3.8) is 0 Å². The molecule has 2 heterocycles. The minimum absolute atomic E-state index is 0.0334. The Hall–Kier alpha value is -3.15. The van der Waals surface area contributed by atoms with Crippen molar-refractivity contribution < 1.29 is 9.63 Å². The number of hydrogen-bond acceptors (Lipinski definition) is 4. The Morgan fingerprint density at radius 3 is 2.92 bits per heavy atom. The first-order chi connectivity index (χ1) is 12.7. The van der Waals surface area contributed by atoms with Gasteiger partial charge in [-0.15, -0.1) is 0 Å². The van der Waals surface area contributed by atoms with Crippen molar-refractivity contribution in [1.82, 2.24) is 15.1 Å². The van der Waals surface area contributed by atoms with Crippen LogP contribution < -0.4 is 5.32 Å². The Kier molecular flexibility index (Phi) is 4.39. The van der Waals surface area contributed by atoms with Crippen LogP contribution in [0.15, 0.2) is 59.9 Å². The van der Waals surface area contributed by atoms with Crippen LogP contribution in [0.5, 0.6) is 0 Å². The number of rotatable bonds is 5. The lowest BCUT2D eigenvalue weighted by atomic mass is 10.0. The standard InChI is InChI=1S/C20H20N4O2/c1-24-19-9-5-8-17(18(19)13-22-24)20(25)21-12-15-11-16(26-23-15)10-14-6-3-2-4-7-14/h2-9,13,16H,10-12H2,1H3,(H,21,25). The second-order valence-electron chi connectivity index (χ2n) is 6.47. The summed E-state index contributed by atoms with van der Waals surface area (Å²) in [6, 6.07) is 15.8. The van der Waals surface area contributed by atoms with E-state index in [0.717, 1.165) is 29.5 Å². The van der Waals surface area contributed by atoms with Gasteiger partial charge in [0.2, 0.25) is 0 Å². The highest BCUT2D eigenvalue weighted by molar-refractivity contribution is 6.07. The van der Waals surface area contributed by atoms with E-state index in [1.54, 1.807) is 10.9 Å². The fourth-order valence-corrected chi connectivity index (χ4v) is 3.23. The molecule has 1 aliphatic rings. The van der Waals surface area contributed by atoms with Gasteiger partial charge in [0, 0.05) is 25.3 Å². The van der Waals surface area contributed by atoms with E-state index < -0.39 is 0 Å². The molecule has 0 spiro atoms. The van der Waals surface area contributed by atoms with Crippen LogP contribution >= 0.6 is 0 Å². The monoisotopic (exact) mass is 348 g/mol. The second kappa shape index (κ2) is 7.00. The molecule has 4 rings (SSSR count). The van der Waals surface area contributed by atoms with Crippen LogP contribution in [0.25, 0.3) is 10.9 Å². The van der Waals surface area contributed by atoms with Gasteiger partial charge in [-0.2, -0.15) is 5.10 Å². The first-order valence-electron chi connectivity index (χ1n) is 8.65. The second-order valence-corrected chi connectivity index (χ2v) is 6.47. The summed E-state index contributed by atoms with van der Waals surface area (Å²) in [6.07, 6.45) is 3.30. The maximum Gasteiger partial charge on any atom is 0.252 e. The van der Waals surface area contributed by atoms with Crippen molar-refractivity contribution >= 4 is 22.5 Å². The summed E-state index contributed by atoms with van der Waals surface area (Å²) in [5, 5.41) is 12.1. The molecule has 3 aromatic rings. The fraction of sp³-hybridized carbons (Fsp3) is 0.250. The van der Waals surface area contributed by atoms with Gasteiger partial charge in [0.15, 0.2) is 0 Å². The zero-order valence-electron chi connectivity index (χ0n) is 14.6. The van der Waals surface area contributed by atoms with Crippen molar-refractivity contribution in [2.24, 2.45) is 12.2 Å². The first kappa shape index (κ1) is 16.3. The van der Waals surface area contributed by atoms with Crippen molar-refractivity contribution in [2.45, 2.75) is 18.9 Å². The van der Waals surface area contributed by atoms with Gasteiger partial charge in [0.25, 0.3) is 5.91 Å². The van der Waals surface area contributed by atoms with E-state index in [1.807, 2.05) is 43.4 Å². The molecule has 0 saturated heterocycles. The van der Waals surface area contributed by atoms with Crippen LogP contribution in [0.1, 0.15) is 22.3 Å². The largest absolute Gasteiger partial charge is 0.392 e. The number of carbonyl (C=O) groups is 1. The third kappa shape index (κ3) is 3.31. The van der Waals surface area contributed by atoms with Gasteiger partial charge in [-0.25, -0.2) is 0 Å². The minimum Gasteiger partial charge on any atom is -0.392 e. The van der Waals surface area contributed by atoms with Crippen molar-refractivity contribution in [1.29, 1.82) is 0 Å². The third-order valence-electron chi connectivity index (χ3n) is 4.59. The highest BCUT2D eigenvalue weighted by Gasteiger charge is 2.22. The molecular weight excluding hydrogens is 328 g/mol. The zero-order chi connectivity index (χ0) is 17.9. The molecule has 0 fully saturated rings. The minimum atomic E-state index is -0.127. The van der Waals surface area contributed by atoms with Crippen LogP contribution in [0, 0.1) is 0 Å². The molecule has 1 N–H and O–H groups in total. The number of oxime groups is 1. The SMILES string of the molecule is Cn1ncc2c(C(=O)NCC3=NOC(Cc4ccccc4)C3)cccc21. The average Bonchev–Trinajstić information content (AvgIpc) is 3.27. The highest BCUT2D eigenvalue weighted by Crippen LogP contribution is 2.18. The molecule has 1 unspecified atom stereocenters. The number of amides is 1. The number of benzene rings is 2. The summed E-state index contributed by atoms with van der Waals surface area (Å²) in [7, 11) is 1.86. The molecule has 0 aliphatic carbocycles. The van der Waals surface area contributed by atoms with Crippen LogP contribution in [0.3, 0.4) is 0 Å². The third-order valence-corrected chi connectivity index (χ3v) is 4.59. The number of nitrogens with one attached hydrogen (secondary N) is 1. The van der Waals surface area contributed by atoms with Gasteiger partial charge in [0.05, 0.1) is 29.5 Å². The molecule has 1 amide bonds. The van der Waals surface area contributed by atoms with E-state index in [0.29, 0.717) is 12.1 Å². The molecule has 6 heteroatoms. The predicted molar refractivity (Wildman–Crippen MR) is 100 cm³/mol. The molecule has 26 heavy (non-hydrogen) atoms. The van der Waals surface area contributed by atoms with Gasteiger partial charge in [-0.05, 0) is 17.7 Å². The molecule has 1 atom stereocenters. The summed E-state index contributed by atoms with van der Waals surface area (Å²) in [6.45, 7) is 0.390. The molecule has 2 aromatic carbocycles. The highest BCUT2D eigenvalue weighted by atomic mass is 16.6. The first-order valence-corrected chi connectivity index (χ1v) is 8.65. The normalized spacial score (nSPS) is 16.3. The van der Waals surface area contributed by atoms with Crippen LogP contribution in [0.2, 0.25) is 0 Å². The van der Waals surface area contributed by atoms with E-state index in [4.69, 9.17) is 4.84 Å². The van der Waals surface area contributed by atoms with Gasteiger partial charge >= 0.3 is 0 Å². The van der Waals surface area contributed by atoms with Crippen molar-refractivity contribution in [2.75, 3.05) is 6.54 Å². The molecule has 6 nitrogen and oxygen atoms in total. The van der Waals surface area contributed by atoms with E-state index in [1.165, 1.54) is 5.56 Å². The smallest absolute Gasteiger partial charge is 0.252 e. The molecular formula is C20H20N4O2. The average molecular weight is 348 g/mol. The number of carbonyl (C=O) groups excluding carboxylic acids is 1. The van der Waals surface area contributed by atoms with Gasteiger partial charge < -0.3 is 10.2 Å². The molecule has 0 bridgehead atoms. The van der Waals surface area contributed by atoms with Gasteiger partial charge in [-0.1, -0.05) is 41.6 Å². The van der Waals surface area contributed by atoms with E-state index in [2.05, 4.69) is 27.7 Å². The van der Waals surface area contributed by atoms with Crippen LogP contribution in [0.4, 0.5) is 0 Å². The number of aromatic nitrogens is 2. The quantitative estimate of drug-likeness (QED) is 0.771. The lowest BCUT2D eigenvalue weighted by Crippen LogP contribution is -2.29. The Labute approximate surface area is 151 Å². The summed E-state index contributed by atoms with van der Waals surface area (Å²) in [4.78, 5) is 18.1. The molecule has 0 saturated carbocycles. The Morgan fingerprint density at radius 2 is 2.08 bits per heavy atom. The maximum atomic E-state index is 12.6. The summed E-state index contributed by atoms with van der Waals surface area (Å²) < 4.78 is 1.76. The van der Waals surface area contributed by atoms with Crippen molar-refractivity contribution in [3.05, 3.63) is 65.9 Å². The molecule has 1 aliphatic heterocycles. The Balaban J connectivity index is 1.35. The zero-order valence-corrected chi connectivity index (χ0v) is 14.6. The maximum absolute atomic E-state index is 12.6. The lowest BCUT2D eigenvalue weighted by Gasteiger charge is -2.08. The van der Waals surface area contributed by atoms with E-state index >= 15 is 0 Å². The molecule has 132 valence electrons. The van der Waals surface area contributed by atoms with Gasteiger partial charge in [0.1, 0.15) is 6.10 Å². The van der Waals surface area contributed by atoms with Crippen LogP contribution in [-0.4, -0.2) is 34.0 Å². The van der Waals surface area contributed by atoms with Gasteiger partial charge in [-0.3, -0.25) is 9.48 Å². The number of fused-ring (bicyclic) bond motifs is 1. The topological polar surface area (TPSA) is 68.5 Å².